The summed E-state index contributed by atoms with van der Waals surface area (Å²) in [6.07, 6.45) is 1.02. The molecule has 0 unspecified atom stereocenters. The van der Waals surface area contributed by atoms with Gasteiger partial charge >= 0.3 is 0 Å². The molecule has 104 valence electrons. The quantitative estimate of drug-likeness (QED) is 0.904. The van der Waals surface area contributed by atoms with Gasteiger partial charge in [0.25, 0.3) is 5.91 Å². The number of ether oxygens (including phenoxy) is 1. The van der Waals surface area contributed by atoms with Gasteiger partial charge in [-0.1, -0.05) is 26.0 Å². The first-order valence-corrected chi connectivity index (χ1v) is 6.98. The van der Waals surface area contributed by atoms with Gasteiger partial charge in [-0.25, -0.2) is 0 Å². The molecule has 0 bridgehead atoms. The predicted octanol–water partition coefficient (Wildman–Crippen LogP) is 3.49. The fourth-order valence-corrected chi connectivity index (χ4v) is 2.23. The lowest BCUT2D eigenvalue weighted by Gasteiger charge is -2.25. The van der Waals surface area contributed by atoms with E-state index in [-0.39, 0.29) is 17.6 Å². The van der Waals surface area contributed by atoms with E-state index in [0.29, 0.717) is 11.5 Å². The topological polar surface area (TPSA) is 38.3 Å². The van der Waals surface area contributed by atoms with Crippen LogP contribution < -0.4 is 10.1 Å². The van der Waals surface area contributed by atoms with E-state index < -0.39 is 0 Å². The maximum Gasteiger partial charge on any atom is 0.255 e. The number of hydrogen-bond acceptors (Lipinski definition) is 2. The number of amides is 1. The summed E-state index contributed by atoms with van der Waals surface area (Å²) < 4.78 is 5.86. The molecular weight excluding hydrogens is 238 g/mol. The lowest BCUT2D eigenvalue weighted by Crippen LogP contribution is -2.42. The maximum atomic E-state index is 12.4. The van der Waals surface area contributed by atoms with Crippen molar-refractivity contribution in [2.75, 3.05) is 0 Å². The summed E-state index contributed by atoms with van der Waals surface area (Å²) in [6, 6.07) is 5.82. The van der Waals surface area contributed by atoms with Gasteiger partial charge in [0, 0.05) is 17.0 Å². The van der Waals surface area contributed by atoms with Crippen LogP contribution in [0.2, 0.25) is 0 Å². The smallest absolute Gasteiger partial charge is 0.255 e. The minimum Gasteiger partial charge on any atom is -0.489 e. The van der Waals surface area contributed by atoms with Crippen LogP contribution in [0.25, 0.3) is 0 Å². The minimum absolute atomic E-state index is 0.0509. The molecule has 1 N–H and O–H groups in total. The molecule has 19 heavy (non-hydrogen) atoms. The summed E-state index contributed by atoms with van der Waals surface area (Å²) in [5, 5.41) is 3.06. The molecule has 3 heteroatoms. The second-order valence-electron chi connectivity index (χ2n) is 6.03. The van der Waals surface area contributed by atoms with Gasteiger partial charge in [-0.05, 0) is 33.3 Å². The number of hydrogen-bond donors (Lipinski definition) is 1. The highest BCUT2D eigenvalue weighted by molar-refractivity contribution is 5.98. The van der Waals surface area contributed by atoms with Gasteiger partial charge in [-0.3, -0.25) is 4.79 Å². The summed E-state index contributed by atoms with van der Waals surface area (Å²) >= 11 is 0. The second kappa shape index (κ2) is 4.87. The largest absolute Gasteiger partial charge is 0.489 e. The SMILES string of the molecule is CCC(C)(C)NC(=O)c1cccc2c1O[C@@H](C)[C@@H]2C. The molecule has 0 fully saturated rings. The zero-order valence-electron chi connectivity index (χ0n) is 12.4. The molecule has 1 aliphatic rings. The molecule has 1 aliphatic heterocycles. The fraction of sp³-hybridized carbons (Fsp3) is 0.562. The third-order valence-corrected chi connectivity index (χ3v) is 4.12. The van der Waals surface area contributed by atoms with Crippen molar-refractivity contribution in [1.82, 2.24) is 5.32 Å². The van der Waals surface area contributed by atoms with Crippen LogP contribution in [0, 0.1) is 0 Å². The van der Waals surface area contributed by atoms with Gasteiger partial charge in [0.1, 0.15) is 11.9 Å². The number of carbonyl (C=O) groups excluding carboxylic acids is 1. The fourth-order valence-electron chi connectivity index (χ4n) is 2.23. The molecule has 0 saturated heterocycles. The molecule has 1 aromatic carbocycles. The van der Waals surface area contributed by atoms with Crippen molar-refractivity contribution in [1.29, 1.82) is 0 Å². The van der Waals surface area contributed by atoms with Crippen LogP contribution >= 0.6 is 0 Å². The molecular formula is C16H23NO2. The Morgan fingerprint density at radius 1 is 1.37 bits per heavy atom. The van der Waals surface area contributed by atoms with Crippen LogP contribution in [0.4, 0.5) is 0 Å². The van der Waals surface area contributed by atoms with Gasteiger partial charge in [0.15, 0.2) is 0 Å². The van der Waals surface area contributed by atoms with E-state index in [4.69, 9.17) is 4.74 Å². The lowest BCUT2D eigenvalue weighted by molar-refractivity contribution is 0.0906. The van der Waals surface area contributed by atoms with Crippen LogP contribution in [0.5, 0.6) is 5.75 Å². The van der Waals surface area contributed by atoms with Gasteiger partial charge in [-0.15, -0.1) is 0 Å². The van der Waals surface area contributed by atoms with E-state index in [0.717, 1.165) is 17.7 Å². The number of para-hydroxylation sites is 1. The van der Waals surface area contributed by atoms with Gasteiger partial charge in [0.2, 0.25) is 0 Å². The van der Waals surface area contributed by atoms with Crippen molar-refractivity contribution in [3.8, 4) is 5.75 Å². The number of nitrogens with one attached hydrogen (secondary N) is 1. The second-order valence-corrected chi connectivity index (χ2v) is 6.03. The van der Waals surface area contributed by atoms with Crippen LogP contribution in [0.1, 0.15) is 62.9 Å². The van der Waals surface area contributed by atoms with Crippen LogP contribution in [0.15, 0.2) is 18.2 Å². The van der Waals surface area contributed by atoms with Crippen molar-refractivity contribution in [3.05, 3.63) is 29.3 Å². The molecule has 1 heterocycles. The Kier molecular flexibility index (Phi) is 3.57. The Balaban J connectivity index is 2.31. The lowest BCUT2D eigenvalue weighted by atomic mass is 9.96. The minimum atomic E-state index is -0.199. The third kappa shape index (κ3) is 2.60. The summed E-state index contributed by atoms with van der Waals surface area (Å²) in [7, 11) is 0. The van der Waals surface area contributed by atoms with E-state index in [1.807, 2.05) is 39.0 Å². The van der Waals surface area contributed by atoms with E-state index in [1.54, 1.807) is 0 Å². The predicted molar refractivity (Wildman–Crippen MR) is 76.8 cm³/mol. The third-order valence-electron chi connectivity index (χ3n) is 4.12. The highest BCUT2D eigenvalue weighted by Crippen LogP contribution is 2.40. The van der Waals surface area contributed by atoms with Crippen molar-refractivity contribution in [3.63, 3.8) is 0 Å². The number of carbonyl (C=O) groups is 1. The molecule has 2 rings (SSSR count). The molecule has 0 aromatic heterocycles. The summed E-state index contributed by atoms with van der Waals surface area (Å²) in [5.41, 5.74) is 1.58. The Labute approximate surface area is 115 Å². The Morgan fingerprint density at radius 3 is 2.68 bits per heavy atom. The highest BCUT2D eigenvalue weighted by atomic mass is 16.5. The summed E-state index contributed by atoms with van der Waals surface area (Å²) in [6.45, 7) is 10.3. The molecule has 2 atom stereocenters. The molecule has 0 aliphatic carbocycles. The summed E-state index contributed by atoms with van der Waals surface area (Å²) in [4.78, 5) is 12.4. The molecule has 1 amide bonds. The Hall–Kier alpha value is -1.51. The van der Waals surface area contributed by atoms with Crippen molar-refractivity contribution in [2.45, 2.75) is 58.6 Å². The standard InChI is InChI=1S/C16H23NO2/c1-6-16(4,5)17-15(18)13-9-7-8-12-10(2)11(3)19-14(12)13/h7-11H,6H2,1-5H3,(H,17,18)/t10-,11-/m0/s1. The zero-order valence-corrected chi connectivity index (χ0v) is 12.4. The Bertz CT molecular complexity index is 494. The molecule has 0 spiro atoms. The monoisotopic (exact) mass is 261 g/mol. The number of fused-ring (bicyclic) bond motifs is 1. The number of rotatable bonds is 3. The van der Waals surface area contributed by atoms with Gasteiger partial charge in [0.05, 0.1) is 5.56 Å². The summed E-state index contributed by atoms with van der Waals surface area (Å²) in [5.74, 6) is 1.04. The van der Waals surface area contributed by atoms with Crippen molar-refractivity contribution < 1.29 is 9.53 Å². The highest BCUT2D eigenvalue weighted by Gasteiger charge is 2.32. The van der Waals surface area contributed by atoms with Crippen LogP contribution in [-0.4, -0.2) is 17.6 Å². The normalized spacial score (nSPS) is 21.7. The molecule has 0 radical (unpaired) electrons. The average Bonchev–Trinajstić information content (AvgIpc) is 2.65. The Morgan fingerprint density at radius 2 is 2.05 bits per heavy atom. The first-order chi connectivity index (χ1) is 8.85. The average molecular weight is 261 g/mol. The van der Waals surface area contributed by atoms with E-state index in [1.165, 1.54) is 0 Å². The first kappa shape index (κ1) is 13.9. The van der Waals surface area contributed by atoms with Crippen LogP contribution in [-0.2, 0) is 0 Å². The zero-order chi connectivity index (χ0) is 14.2. The van der Waals surface area contributed by atoms with Crippen LogP contribution in [0.3, 0.4) is 0 Å². The van der Waals surface area contributed by atoms with E-state index >= 15 is 0 Å². The van der Waals surface area contributed by atoms with E-state index in [2.05, 4.69) is 19.2 Å². The number of benzene rings is 1. The molecule has 1 aromatic rings. The maximum absolute atomic E-state index is 12.4. The van der Waals surface area contributed by atoms with E-state index in [9.17, 15) is 4.79 Å². The first-order valence-electron chi connectivity index (χ1n) is 6.98. The molecule has 0 saturated carbocycles. The molecule has 3 nitrogen and oxygen atoms in total. The van der Waals surface area contributed by atoms with Gasteiger partial charge in [-0.2, -0.15) is 0 Å². The van der Waals surface area contributed by atoms with Gasteiger partial charge < -0.3 is 10.1 Å². The van der Waals surface area contributed by atoms with Crippen molar-refractivity contribution >= 4 is 5.91 Å². The van der Waals surface area contributed by atoms with Crippen molar-refractivity contribution in [2.24, 2.45) is 0 Å².